The van der Waals surface area contributed by atoms with Gasteiger partial charge in [0.1, 0.15) is 11.4 Å². The highest BCUT2D eigenvalue weighted by Crippen LogP contribution is 2.43. The van der Waals surface area contributed by atoms with Gasteiger partial charge in [0, 0.05) is 6.42 Å². The molecule has 2 N–H and O–H groups in total. The lowest BCUT2D eigenvalue weighted by Crippen LogP contribution is -2.45. The fraction of sp³-hybridized carbons (Fsp3) is 0.250. The highest BCUT2D eigenvalue weighted by molar-refractivity contribution is 7.91. The molecule has 33 heavy (non-hydrogen) atoms. The van der Waals surface area contributed by atoms with Crippen molar-refractivity contribution < 1.29 is 23.1 Å². The maximum Gasteiger partial charge on any atom is 0.422 e. The van der Waals surface area contributed by atoms with Crippen LogP contribution in [-0.2, 0) is 21.4 Å². The summed E-state index contributed by atoms with van der Waals surface area (Å²) in [7, 11) is -4.35. The Morgan fingerprint density at radius 2 is 1.85 bits per heavy atom. The van der Waals surface area contributed by atoms with Crippen molar-refractivity contribution in [1.29, 1.82) is 5.26 Å². The van der Waals surface area contributed by atoms with Crippen LogP contribution in [0.2, 0.25) is 0 Å². The van der Waals surface area contributed by atoms with Gasteiger partial charge in [-0.2, -0.15) is 13.7 Å². The van der Waals surface area contributed by atoms with E-state index in [2.05, 4.69) is 6.07 Å². The van der Waals surface area contributed by atoms with E-state index in [-0.39, 0.29) is 5.75 Å². The predicted molar refractivity (Wildman–Crippen MR) is 124 cm³/mol. The number of phenolic OH excluding ortho intramolecular Hbond substituents is 1. The predicted octanol–water partition coefficient (Wildman–Crippen LogP) is 4.29. The van der Waals surface area contributed by atoms with Crippen LogP contribution in [0.5, 0.6) is 5.75 Å². The van der Waals surface area contributed by atoms with E-state index in [1.807, 2.05) is 29.0 Å². The molecule has 0 radical (unpaired) electrons. The molecule has 0 aliphatic carbocycles. The third-order valence-corrected chi connectivity index (χ3v) is 6.64. The van der Waals surface area contributed by atoms with E-state index >= 15 is 0 Å². The number of carbonyl (C=O) groups is 1. The maximum atomic E-state index is 13.3. The molecule has 4 rings (SSSR count). The van der Waals surface area contributed by atoms with Gasteiger partial charge in [0.15, 0.2) is 0 Å². The summed E-state index contributed by atoms with van der Waals surface area (Å²) in [4.78, 5) is 12.3. The Kier molecular flexibility index (Phi) is 5.42. The van der Waals surface area contributed by atoms with Crippen molar-refractivity contribution in [2.45, 2.75) is 38.8 Å². The Labute approximate surface area is 192 Å². The van der Waals surface area contributed by atoms with Gasteiger partial charge in [0.2, 0.25) is 0 Å². The zero-order valence-corrected chi connectivity index (χ0v) is 19.2. The van der Waals surface area contributed by atoms with Crippen LogP contribution >= 0.6 is 0 Å². The first kappa shape index (κ1) is 22.4. The van der Waals surface area contributed by atoms with Gasteiger partial charge in [-0.1, -0.05) is 18.2 Å². The van der Waals surface area contributed by atoms with Crippen LogP contribution in [0.4, 0.5) is 10.5 Å². The molecule has 1 amide bonds. The molecule has 1 aliphatic rings. The van der Waals surface area contributed by atoms with E-state index in [9.17, 15) is 23.6 Å². The molecule has 1 atom stereocenters. The number of nitrogens with zero attached hydrogens (tertiary/aromatic N) is 2. The van der Waals surface area contributed by atoms with Gasteiger partial charge in [-0.05, 0) is 79.1 Å². The SMILES string of the molecule is CC(C)(C)OC(=O)NS(=O)(=O)N1c2ccc(O)cc2CC1c1ccc2ccc(C#N)cc2c1. The van der Waals surface area contributed by atoms with Crippen LogP contribution in [0.25, 0.3) is 10.8 Å². The number of anilines is 1. The summed E-state index contributed by atoms with van der Waals surface area (Å²) in [6.07, 6.45) is -0.784. The summed E-state index contributed by atoms with van der Waals surface area (Å²) in [6, 6.07) is 16.7. The summed E-state index contributed by atoms with van der Waals surface area (Å²) in [5.41, 5.74) is 1.29. The maximum absolute atomic E-state index is 13.3. The first-order valence-corrected chi connectivity index (χ1v) is 11.7. The summed E-state index contributed by atoms with van der Waals surface area (Å²) in [5, 5.41) is 20.9. The number of aromatic hydroxyl groups is 1. The van der Waals surface area contributed by atoms with Gasteiger partial charge in [0.25, 0.3) is 0 Å². The number of ether oxygens (including phenoxy) is 1. The van der Waals surface area contributed by atoms with Crippen LogP contribution in [0, 0.1) is 11.3 Å². The third-order valence-electron chi connectivity index (χ3n) is 5.25. The minimum absolute atomic E-state index is 0.0176. The zero-order valence-electron chi connectivity index (χ0n) is 18.4. The fourth-order valence-electron chi connectivity index (χ4n) is 3.96. The molecular weight excluding hydrogens is 442 g/mol. The standard InChI is InChI=1S/C24H23N3O5S/c1-24(2,3)32-23(29)26-33(30,31)27-21-9-8-20(28)12-19(21)13-22(27)17-7-6-16-5-4-15(14-25)10-18(16)11-17/h4-12,22,28H,13H2,1-3H3,(H,26,29). The van der Waals surface area contributed by atoms with Crippen molar-refractivity contribution in [1.82, 2.24) is 4.72 Å². The lowest BCUT2D eigenvalue weighted by atomic mass is 9.98. The molecule has 0 fully saturated rings. The number of rotatable bonds is 3. The van der Waals surface area contributed by atoms with Crippen LogP contribution in [0.3, 0.4) is 0 Å². The molecule has 9 heteroatoms. The summed E-state index contributed by atoms with van der Waals surface area (Å²) in [6.45, 7) is 4.92. The number of hydrogen-bond acceptors (Lipinski definition) is 6. The summed E-state index contributed by atoms with van der Waals surface area (Å²) < 4.78 is 34.9. The molecule has 0 saturated carbocycles. The second-order valence-corrected chi connectivity index (χ2v) is 10.4. The molecule has 1 heterocycles. The van der Waals surface area contributed by atoms with Gasteiger partial charge in [-0.25, -0.2) is 13.8 Å². The molecule has 1 unspecified atom stereocenters. The van der Waals surface area contributed by atoms with Crippen molar-refractivity contribution >= 4 is 32.8 Å². The van der Waals surface area contributed by atoms with E-state index in [4.69, 9.17) is 4.74 Å². The van der Waals surface area contributed by atoms with Crippen LogP contribution in [-0.4, -0.2) is 25.2 Å². The Balaban J connectivity index is 1.78. The number of carbonyl (C=O) groups excluding carboxylic acids is 1. The first-order valence-electron chi connectivity index (χ1n) is 10.3. The minimum Gasteiger partial charge on any atom is -0.508 e. The quantitative estimate of drug-likeness (QED) is 0.595. The monoisotopic (exact) mass is 465 g/mol. The number of nitriles is 1. The molecule has 0 aromatic heterocycles. The minimum atomic E-state index is -4.35. The number of hydrogen-bond donors (Lipinski definition) is 2. The lowest BCUT2D eigenvalue weighted by Gasteiger charge is -2.28. The number of amides is 1. The Morgan fingerprint density at radius 3 is 2.55 bits per heavy atom. The highest BCUT2D eigenvalue weighted by Gasteiger charge is 2.40. The molecule has 1 aliphatic heterocycles. The number of fused-ring (bicyclic) bond motifs is 2. The Bertz CT molecular complexity index is 1400. The second-order valence-electron chi connectivity index (χ2n) is 8.87. The van der Waals surface area contributed by atoms with Crippen molar-refractivity contribution in [3.05, 3.63) is 71.3 Å². The van der Waals surface area contributed by atoms with E-state index in [1.165, 1.54) is 18.2 Å². The van der Waals surface area contributed by atoms with E-state index < -0.39 is 27.9 Å². The van der Waals surface area contributed by atoms with E-state index in [0.29, 0.717) is 28.8 Å². The summed E-state index contributed by atoms with van der Waals surface area (Å²) >= 11 is 0. The average molecular weight is 466 g/mol. The Morgan fingerprint density at radius 1 is 1.12 bits per heavy atom. The molecule has 0 saturated heterocycles. The van der Waals surface area contributed by atoms with Gasteiger partial charge >= 0.3 is 16.3 Å². The molecule has 8 nitrogen and oxygen atoms in total. The number of nitrogens with one attached hydrogen (secondary N) is 1. The van der Waals surface area contributed by atoms with Crippen LogP contribution in [0.15, 0.2) is 54.6 Å². The molecule has 0 bridgehead atoms. The lowest BCUT2D eigenvalue weighted by molar-refractivity contribution is 0.0570. The van der Waals surface area contributed by atoms with Crippen molar-refractivity contribution in [3.8, 4) is 11.8 Å². The van der Waals surface area contributed by atoms with Gasteiger partial charge in [-0.15, -0.1) is 0 Å². The molecular formula is C24H23N3O5S. The van der Waals surface area contributed by atoms with Crippen molar-refractivity contribution in [2.24, 2.45) is 0 Å². The van der Waals surface area contributed by atoms with Gasteiger partial charge in [-0.3, -0.25) is 0 Å². The molecule has 3 aromatic carbocycles. The highest BCUT2D eigenvalue weighted by atomic mass is 32.2. The number of phenols is 1. The molecule has 0 spiro atoms. The molecule has 3 aromatic rings. The summed E-state index contributed by atoms with van der Waals surface area (Å²) in [5.74, 6) is 0.0176. The van der Waals surface area contributed by atoms with E-state index in [0.717, 1.165) is 15.1 Å². The first-order chi connectivity index (χ1) is 15.5. The van der Waals surface area contributed by atoms with Crippen molar-refractivity contribution in [2.75, 3.05) is 4.31 Å². The fourth-order valence-corrected chi connectivity index (χ4v) is 5.27. The van der Waals surface area contributed by atoms with Crippen LogP contribution < -0.4 is 9.03 Å². The zero-order chi connectivity index (χ0) is 24.0. The Hall–Kier alpha value is -3.77. The molecule has 170 valence electrons. The smallest absolute Gasteiger partial charge is 0.422 e. The third kappa shape index (κ3) is 4.56. The van der Waals surface area contributed by atoms with Crippen molar-refractivity contribution in [3.63, 3.8) is 0 Å². The number of benzene rings is 3. The normalized spacial score (nSPS) is 15.7. The topological polar surface area (TPSA) is 120 Å². The van der Waals surface area contributed by atoms with E-state index in [1.54, 1.807) is 32.9 Å². The average Bonchev–Trinajstić information content (AvgIpc) is 3.10. The van der Waals surface area contributed by atoms with Crippen LogP contribution in [0.1, 0.15) is 43.5 Å². The largest absolute Gasteiger partial charge is 0.508 e. The van der Waals surface area contributed by atoms with Gasteiger partial charge < -0.3 is 9.84 Å². The second kappa shape index (κ2) is 7.98. The van der Waals surface area contributed by atoms with Gasteiger partial charge in [0.05, 0.1) is 23.4 Å².